The Morgan fingerprint density at radius 3 is 2.47 bits per heavy atom. The number of sulfonamides is 1. The summed E-state index contributed by atoms with van der Waals surface area (Å²) in [6.45, 7) is 5.86. The molecule has 0 fully saturated rings. The number of carbonyl (C=O) groups excluding carboxylic acids is 1. The van der Waals surface area contributed by atoms with E-state index in [-0.39, 0.29) is 11.4 Å². The molecule has 19 heavy (non-hydrogen) atoms. The molecule has 0 saturated carbocycles. The summed E-state index contributed by atoms with van der Waals surface area (Å²) >= 11 is 0. The summed E-state index contributed by atoms with van der Waals surface area (Å²) in [4.78, 5) is 12.0. The summed E-state index contributed by atoms with van der Waals surface area (Å²) in [5, 5.41) is 2.90. The lowest BCUT2D eigenvalue weighted by Crippen LogP contribution is -2.42. The topological polar surface area (TPSA) is 75.3 Å². The maximum atomic E-state index is 12.0. The number of rotatable bonds is 5. The lowest BCUT2D eigenvalue weighted by molar-refractivity contribution is 0.0911. The van der Waals surface area contributed by atoms with Crippen molar-refractivity contribution in [3.8, 4) is 0 Å². The van der Waals surface area contributed by atoms with Gasteiger partial charge in [0.05, 0.1) is 6.26 Å². The number of anilines is 1. The number of nitrogens with one attached hydrogen (secondary N) is 2. The van der Waals surface area contributed by atoms with Crippen LogP contribution in [0.3, 0.4) is 0 Å². The molecule has 6 heteroatoms. The fourth-order valence-corrected chi connectivity index (χ4v) is 1.96. The van der Waals surface area contributed by atoms with Gasteiger partial charge in [0.15, 0.2) is 0 Å². The highest BCUT2D eigenvalue weighted by molar-refractivity contribution is 7.92. The van der Waals surface area contributed by atoms with Gasteiger partial charge in [-0.1, -0.05) is 13.0 Å². The fraction of sp³-hybridized carbons (Fsp3) is 0.462. The molecule has 0 aliphatic heterocycles. The van der Waals surface area contributed by atoms with Gasteiger partial charge in [-0.05, 0) is 38.5 Å². The fourth-order valence-electron chi connectivity index (χ4n) is 1.41. The van der Waals surface area contributed by atoms with Gasteiger partial charge in [0.2, 0.25) is 10.0 Å². The molecule has 0 aliphatic rings. The van der Waals surface area contributed by atoms with E-state index in [1.54, 1.807) is 18.2 Å². The van der Waals surface area contributed by atoms with E-state index in [4.69, 9.17) is 0 Å². The van der Waals surface area contributed by atoms with Crippen LogP contribution in [0.15, 0.2) is 24.3 Å². The first-order valence-corrected chi connectivity index (χ1v) is 7.92. The second-order valence-corrected chi connectivity index (χ2v) is 6.90. The van der Waals surface area contributed by atoms with Gasteiger partial charge in [-0.3, -0.25) is 9.52 Å². The van der Waals surface area contributed by atoms with Crippen molar-refractivity contribution in [1.29, 1.82) is 0 Å². The molecule has 0 unspecified atom stereocenters. The summed E-state index contributed by atoms with van der Waals surface area (Å²) in [5.74, 6) is -0.219. The molecule has 2 N–H and O–H groups in total. The zero-order chi connectivity index (χ0) is 14.7. The first-order valence-electron chi connectivity index (χ1n) is 6.03. The highest BCUT2D eigenvalue weighted by atomic mass is 32.2. The van der Waals surface area contributed by atoms with Gasteiger partial charge in [-0.2, -0.15) is 0 Å². The minimum Gasteiger partial charge on any atom is -0.347 e. The average Bonchev–Trinajstić information content (AvgIpc) is 2.26. The van der Waals surface area contributed by atoms with E-state index in [0.29, 0.717) is 11.3 Å². The number of carbonyl (C=O) groups is 1. The van der Waals surface area contributed by atoms with Crippen molar-refractivity contribution in [1.82, 2.24) is 5.32 Å². The van der Waals surface area contributed by atoms with Crippen LogP contribution >= 0.6 is 0 Å². The summed E-state index contributed by atoms with van der Waals surface area (Å²) in [6.07, 6.45) is 1.87. The van der Waals surface area contributed by atoms with Crippen molar-refractivity contribution in [2.24, 2.45) is 0 Å². The van der Waals surface area contributed by atoms with Gasteiger partial charge < -0.3 is 5.32 Å². The molecular formula is C13H20N2O3S. The molecule has 106 valence electrons. The van der Waals surface area contributed by atoms with E-state index < -0.39 is 10.0 Å². The zero-order valence-corrected chi connectivity index (χ0v) is 12.5. The van der Waals surface area contributed by atoms with Crippen molar-refractivity contribution >= 4 is 21.6 Å². The van der Waals surface area contributed by atoms with Crippen LogP contribution in [0.4, 0.5) is 5.69 Å². The molecule has 0 aromatic heterocycles. The second kappa shape index (κ2) is 5.61. The third-order valence-electron chi connectivity index (χ3n) is 2.76. The van der Waals surface area contributed by atoms with Gasteiger partial charge in [0.1, 0.15) is 0 Å². The van der Waals surface area contributed by atoms with Crippen LogP contribution in [-0.4, -0.2) is 26.1 Å². The Bertz CT molecular complexity index is 565. The van der Waals surface area contributed by atoms with Gasteiger partial charge >= 0.3 is 0 Å². The quantitative estimate of drug-likeness (QED) is 0.868. The number of benzene rings is 1. The third-order valence-corrected chi connectivity index (χ3v) is 3.37. The lowest BCUT2D eigenvalue weighted by atomic mass is 10.0. The Morgan fingerprint density at radius 1 is 1.32 bits per heavy atom. The van der Waals surface area contributed by atoms with Crippen molar-refractivity contribution in [2.45, 2.75) is 32.7 Å². The summed E-state index contributed by atoms with van der Waals surface area (Å²) in [6, 6.07) is 6.40. The molecule has 0 spiro atoms. The first kappa shape index (κ1) is 15.5. The van der Waals surface area contributed by atoms with Gasteiger partial charge in [0, 0.05) is 16.8 Å². The smallest absolute Gasteiger partial charge is 0.251 e. The van der Waals surface area contributed by atoms with Crippen molar-refractivity contribution in [3.63, 3.8) is 0 Å². The van der Waals surface area contributed by atoms with Crippen LogP contribution in [-0.2, 0) is 10.0 Å². The molecule has 5 nitrogen and oxygen atoms in total. The Balaban J connectivity index is 2.91. The highest BCUT2D eigenvalue weighted by Gasteiger charge is 2.19. The average molecular weight is 284 g/mol. The van der Waals surface area contributed by atoms with Crippen LogP contribution in [0.25, 0.3) is 0 Å². The molecule has 0 bridgehead atoms. The number of amides is 1. The first-order chi connectivity index (χ1) is 8.63. The van der Waals surface area contributed by atoms with Crippen molar-refractivity contribution < 1.29 is 13.2 Å². The van der Waals surface area contributed by atoms with Gasteiger partial charge in [-0.15, -0.1) is 0 Å². The van der Waals surface area contributed by atoms with Crippen LogP contribution in [0.5, 0.6) is 0 Å². The molecule has 1 aromatic rings. The van der Waals surface area contributed by atoms with Crippen molar-refractivity contribution in [2.75, 3.05) is 11.0 Å². The predicted octanol–water partition coefficient (Wildman–Crippen LogP) is 1.98. The Morgan fingerprint density at radius 2 is 1.95 bits per heavy atom. The summed E-state index contributed by atoms with van der Waals surface area (Å²) < 4.78 is 24.6. The number of hydrogen-bond donors (Lipinski definition) is 2. The summed E-state index contributed by atoms with van der Waals surface area (Å²) in [5.41, 5.74) is 0.511. The van der Waals surface area contributed by atoms with Gasteiger partial charge in [0.25, 0.3) is 5.91 Å². The number of hydrogen-bond acceptors (Lipinski definition) is 3. The van der Waals surface area contributed by atoms with E-state index in [1.165, 1.54) is 6.07 Å². The van der Waals surface area contributed by atoms with Crippen LogP contribution < -0.4 is 10.0 Å². The Labute approximate surface area is 114 Å². The molecule has 0 aliphatic carbocycles. The maximum Gasteiger partial charge on any atom is 0.251 e. The van der Waals surface area contributed by atoms with E-state index >= 15 is 0 Å². The maximum absolute atomic E-state index is 12.0. The predicted molar refractivity (Wildman–Crippen MR) is 76.7 cm³/mol. The largest absolute Gasteiger partial charge is 0.347 e. The van der Waals surface area contributed by atoms with E-state index in [9.17, 15) is 13.2 Å². The SMILES string of the molecule is CCC(C)(C)NC(=O)c1cccc(NS(C)(=O)=O)c1. The monoisotopic (exact) mass is 284 g/mol. The molecule has 0 saturated heterocycles. The Hall–Kier alpha value is -1.56. The Kier molecular flexibility index (Phi) is 4.57. The van der Waals surface area contributed by atoms with Crippen molar-refractivity contribution in [3.05, 3.63) is 29.8 Å². The van der Waals surface area contributed by atoms with Crippen LogP contribution in [0.2, 0.25) is 0 Å². The van der Waals surface area contributed by atoms with Gasteiger partial charge in [-0.25, -0.2) is 8.42 Å². The van der Waals surface area contributed by atoms with Crippen LogP contribution in [0, 0.1) is 0 Å². The minimum absolute atomic E-state index is 0.219. The van der Waals surface area contributed by atoms with E-state index in [2.05, 4.69) is 10.0 Å². The molecule has 0 radical (unpaired) electrons. The second-order valence-electron chi connectivity index (χ2n) is 5.15. The minimum atomic E-state index is -3.34. The highest BCUT2D eigenvalue weighted by Crippen LogP contribution is 2.14. The molecule has 0 atom stereocenters. The van der Waals surface area contributed by atoms with Crippen LogP contribution in [0.1, 0.15) is 37.6 Å². The summed E-state index contributed by atoms with van der Waals surface area (Å²) in [7, 11) is -3.34. The molecular weight excluding hydrogens is 264 g/mol. The normalized spacial score (nSPS) is 12.0. The molecule has 1 rings (SSSR count). The molecule has 0 heterocycles. The lowest BCUT2D eigenvalue weighted by Gasteiger charge is -2.24. The zero-order valence-electron chi connectivity index (χ0n) is 11.6. The van der Waals surface area contributed by atoms with E-state index in [0.717, 1.165) is 12.7 Å². The van der Waals surface area contributed by atoms with E-state index in [1.807, 2.05) is 20.8 Å². The third kappa shape index (κ3) is 5.30. The molecule has 1 amide bonds. The molecule has 1 aromatic carbocycles. The standard InChI is InChI=1S/C13H20N2O3S/c1-5-13(2,3)14-12(16)10-7-6-8-11(9-10)15-19(4,17)18/h6-9,15H,5H2,1-4H3,(H,14,16).